The minimum Gasteiger partial charge on any atom is -0.262 e. The second kappa shape index (κ2) is 4.34. The third kappa shape index (κ3) is 2.40. The third-order valence-corrected chi connectivity index (χ3v) is 2.95. The van der Waals surface area contributed by atoms with Gasteiger partial charge in [0.1, 0.15) is 0 Å². The number of rotatable bonds is 0. The molecule has 0 saturated heterocycles. The van der Waals surface area contributed by atoms with Crippen LogP contribution in [0.2, 0.25) is 0 Å². The van der Waals surface area contributed by atoms with Crippen LogP contribution < -0.4 is 0 Å². The van der Waals surface area contributed by atoms with E-state index >= 15 is 0 Å². The number of hydrogen-bond acceptors (Lipinski definition) is 2. The lowest BCUT2D eigenvalue weighted by molar-refractivity contribution is 1.19. The zero-order chi connectivity index (χ0) is 9.80. The van der Waals surface area contributed by atoms with Crippen molar-refractivity contribution in [1.29, 1.82) is 0 Å². The molecule has 0 spiro atoms. The molecule has 70 valence electrons. The largest absolute Gasteiger partial charge is 0.262 e. The molecule has 0 saturated carbocycles. The summed E-state index contributed by atoms with van der Waals surface area (Å²) in [6, 6.07) is 3.95. The normalized spacial score (nSPS) is 14.5. The van der Waals surface area contributed by atoms with E-state index in [4.69, 9.17) is 0 Å². The van der Waals surface area contributed by atoms with Crippen molar-refractivity contribution >= 4 is 11.8 Å². The highest BCUT2D eigenvalue weighted by molar-refractivity contribution is 8.03. The summed E-state index contributed by atoms with van der Waals surface area (Å²) in [5, 5.41) is 0. The minimum atomic E-state index is 1.02. The Kier molecular flexibility index (Phi) is 2.90. The molecule has 0 bridgehead atoms. The second-order valence-electron chi connectivity index (χ2n) is 3.14. The summed E-state index contributed by atoms with van der Waals surface area (Å²) in [4.78, 5) is 5.34. The van der Waals surface area contributed by atoms with E-state index in [1.807, 2.05) is 30.8 Å². The van der Waals surface area contributed by atoms with Crippen molar-refractivity contribution in [2.75, 3.05) is 5.75 Å². The van der Waals surface area contributed by atoms with E-state index < -0.39 is 0 Å². The highest BCUT2D eigenvalue weighted by atomic mass is 32.2. The number of thioether (sulfide) groups is 1. The SMILES string of the molecule is Cc1cc(C#CC2=CCCS2)ccn1. The molecule has 14 heavy (non-hydrogen) atoms. The maximum Gasteiger partial charge on any atom is 0.0537 e. The fraction of sp³-hybridized carbons (Fsp3) is 0.250. The van der Waals surface area contributed by atoms with E-state index in [2.05, 4.69) is 22.9 Å². The number of allylic oxidation sites excluding steroid dienone is 2. The van der Waals surface area contributed by atoms with Crippen LogP contribution in [0.25, 0.3) is 0 Å². The predicted molar refractivity (Wildman–Crippen MR) is 61.0 cm³/mol. The molecule has 2 rings (SSSR count). The molecule has 0 amide bonds. The lowest BCUT2D eigenvalue weighted by Gasteiger charge is -1.91. The van der Waals surface area contributed by atoms with Crippen molar-refractivity contribution in [2.24, 2.45) is 0 Å². The molecular formula is C12H11NS. The number of aromatic nitrogens is 1. The summed E-state index contributed by atoms with van der Waals surface area (Å²) < 4.78 is 0. The van der Waals surface area contributed by atoms with Gasteiger partial charge >= 0.3 is 0 Å². The van der Waals surface area contributed by atoms with Crippen LogP contribution in [0, 0.1) is 18.8 Å². The van der Waals surface area contributed by atoms with Gasteiger partial charge in [-0.2, -0.15) is 0 Å². The van der Waals surface area contributed by atoms with E-state index in [1.165, 1.54) is 10.7 Å². The molecule has 1 aliphatic heterocycles. The quantitative estimate of drug-likeness (QED) is 0.599. The molecule has 1 aliphatic rings. The van der Waals surface area contributed by atoms with Gasteiger partial charge in [-0.25, -0.2) is 0 Å². The molecule has 2 heteroatoms. The Bertz CT molecular complexity index is 423. The zero-order valence-electron chi connectivity index (χ0n) is 8.08. The molecule has 0 N–H and O–H groups in total. The number of aryl methyl sites for hydroxylation is 1. The van der Waals surface area contributed by atoms with Gasteiger partial charge in [0.05, 0.1) is 4.91 Å². The standard InChI is InChI=1S/C12H11NS/c1-10-9-11(6-7-13-10)4-5-12-3-2-8-14-12/h3,6-7,9H,2,8H2,1H3. The lowest BCUT2D eigenvalue weighted by atomic mass is 10.2. The molecular weight excluding hydrogens is 190 g/mol. The summed E-state index contributed by atoms with van der Waals surface area (Å²) in [5.41, 5.74) is 2.07. The first kappa shape index (κ1) is 9.36. The van der Waals surface area contributed by atoms with Crippen LogP contribution in [-0.4, -0.2) is 10.7 Å². The first-order valence-electron chi connectivity index (χ1n) is 4.62. The van der Waals surface area contributed by atoms with Gasteiger partial charge in [0, 0.05) is 23.2 Å². The van der Waals surface area contributed by atoms with E-state index in [0.29, 0.717) is 0 Å². The Morgan fingerprint density at radius 1 is 1.43 bits per heavy atom. The second-order valence-corrected chi connectivity index (χ2v) is 4.28. The van der Waals surface area contributed by atoms with Crippen LogP contribution in [0.3, 0.4) is 0 Å². The van der Waals surface area contributed by atoms with E-state index in [9.17, 15) is 0 Å². The average molecular weight is 201 g/mol. The Morgan fingerprint density at radius 2 is 2.36 bits per heavy atom. The minimum absolute atomic E-state index is 1.02. The van der Waals surface area contributed by atoms with Crippen LogP contribution in [0.4, 0.5) is 0 Å². The van der Waals surface area contributed by atoms with Crippen molar-refractivity contribution in [3.8, 4) is 11.8 Å². The smallest absolute Gasteiger partial charge is 0.0537 e. The summed E-state index contributed by atoms with van der Waals surface area (Å²) in [5.74, 6) is 7.50. The molecule has 0 fully saturated rings. The van der Waals surface area contributed by atoms with E-state index in [-0.39, 0.29) is 0 Å². The summed E-state index contributed by atoms with van der Waals surface area (Å²) in [6.07, 6.45) is 5.16. The van der Waals surface area contributed by atoms with Crippen molar-refractivity contribution in [3.05, 3.63) is 40.6 Å². The van der Waals surface area contributed by atoms with Crippen molar-refractivity contribution in [1.82, 2.24) is 4.98 Å². The van der Waals surface area contributed by atoms with Crippen molar-refractivity contribution < 1.29 is 0 Å². The van der Waals surface area contributed by atoms with Crippen molar-refractivity contribution in [3.63, 3.8) is 0 Å². The predicted octanol–water partition coefficient (Wildman–Crippen LogP) is 2.76. The molecule has 0 aromatic carbocycles. The Labute approximate surface area is 88.6 Å². The van der Waals surface area contributed by atoms with Gasteiger partial charge in [0.15, 0.2) is 0 Å². The first-order chi connectivity index (χ1) is 6.84. The number of nitrogens with zero attached hydrogens (tertiary/aromatic N) is 1. The molecule has 0 radical (unpaired) electrons. The lowest BCUT2D eigenvalue weighted by Crippen LogP contribution is -1.81. The summed E-state index contributed by atoms with van der Waals surface area (Å²) >= 11 is 1.84. The fourth-order valence-electron chi connectivity index (χ4n) is 1.26. The zero-order valence-corrected chi connectivity index (χ0v) is 8.90. The van der Waals surface area contributed by atoms with Crippen LogP contribution in [-0.2, 0) is 0 Å². The van der Waals surface area contributed by atoms with Crippen LogP contribution in [0.15, 0.2) is 29.3 Å². The molecule has 0 unspecified atom stereocenters. The van der Waals surface area contributed by atoms with Crippen LogP contribution in [0.5, 0.6) is 0 Å². The first-order valence-corrected chi connectivity index (χ1v) is 5.61. The summed E-state index contributed by atoms with van der Waals surface area (Å²) in [6.45, 7) is 1.98. The van der Waals surface area contributed by atoms with Crippen LogP contribution >= 0.6 is 11.8 Å². The molecule has 0 aliphatic carbocycles. The molecule has 1 nitrogen and oxygen atoms in total. The number of pyridine rings is 1. The van der Waals surface area contributed by atoms with Gasteiger partial charge < -0.3 is 0 Å². The third-order valence-electron chi connectivity index (χ3n) is 1.93. The topological polar surface area (TPSA) is 12.9 Å². The molecule has 2 heterocycles. The van der Waals surface area contributed by atoms with Gasteiger partial charge in [-0.15, -0.1) is 11.8 Å². The average Bonchev–Trinajstić information content (AvgIpc) is 2.67. The highest BCUT2D eigenvalue weighted by Gasteiger charge is 2.00. The van der Waals surface area contributed by atoms with E-state index in [1.54, 1.807) is 6.20 Å². The Balaban J connectivity index is 2.16. The molecule has 0 atom stereocenters. The summed E-state index contributed by atoms with van der Waals surface area (Å²) in [7, 11) is 0. The number of hydrogen-bond donors (Lipinski definition) is 0. The van der Waals surface area contributed by atoms with Gasteiger partial charge in [0.25, 0.3) is 0 Å². The molecule has 1 aromatic heterocycles. The molecule has 1 aromatic rings. The van der Waals surface area contributed by atoms with Crippen molar-refractivity contribution in [2.45, 2.75) is 13.3 Å². The van der Waals surface area contributed by atoms with Gasteiger partial charge in [-0.05, 0) is 25.5 Å². The maximum absolute atomic E-state index is 4.13. The monoisotopic (exact) mass is 201 g/mol. The van der Waals surface area contributed by atoms with E-state index in [0.717, 1.165) is 17.7 Å². The Morgan fingerprint density at radius 3 is 3.07 bits per heavy atom. The van der Waals surface area contributed by atoms with Gasteiger partial charge in [0.2, 0.25) is 0 Å². The van der Waals surface area contributed by atoms with Crippen LogP contribution in [0.1, 0.15) is 17.7 Å². The van der Waals surface area contributed by atoms with Gasteiger partial charge in [-0.3, -0.25) is 4.98 Å². The Hall–Kier alpha value is -1.20. The highest BCUT2D eigenvalue weighted by Crippen LogP contribution is 2.23. The van der Waals surface area contributed by atoms with Gasteiger partial charge in [-0.1, -0.05) is 17.9 Å². The fourth-order valence-corrected chi connectivity index (χ4v) is 2.08. The maximum atomic E-state index is 4.13.